The number of pyridine rings is 1. The maximum atomic E-state index is 15.0. The highest BCUT2D eigenvalue weighted by atomic mass is 32.2. The van der Waals surface area contributed by atoms with E-state index in [0.717, 1.165) is 41.0 Å². The van der Waals surface area contributed by atoms with Gasteiger partial charge in [-0.3, -0.25) is 9.78 Å². The maximum absolute atomic E-state index is 15.0. The third-order valence-corrected chi connectivity index (χ3v) is 7.19. The third-order valence-electron chi connectivity index (χ3n) is 6.01. The zero-order valence-corrected chi connectivity index (χ0v) is 22.2. The predicted molar refractivity (Wildman–Crippen MR) is 142 cm³/mol. The Labute approximate surface area is 234 Å². The Hall–Kier alpha value is -4.72. The summed E-state index contributed by atoms with van der Waals surface area (Å²) in [4.78, 5) is 29.1. The van der Waals surface area contributed by atoms with Crippen molar-refractivity contribution in [1.29, 1.82) is 0 Å². The molecule has 3 aromatic carbocycles. The first-order valence-electron chi connectivity index (χ1n) is 11.8. The van der Waals surface area contributed by atoms with Gasteiger partial charge in [-0.25, -0.2) is 32.8 Å². The first kappa shape index (κ1) is 27.8. The van der Waals surface area contributed by atoms with Crippen LogP contribution in [0.1, 0.15) is 10.9 Å². The van der Waals surface area contributed by atoms with Gasteiger partial charge in [-0.2, -0.15) is 0 Å². The van der Waals surface area contributed by atoms with Crippen molar-refractivity contribution in [2.75, 3.05) is 25.3 Å². The molecule has 1 aliphatic heterocycles. The molecule has 1 aromatic heterocycles. The number of amides is 3. The summed E-state index contributed by atoms with van der Waals surface area (Å²) >= 11 is 0.899. The number of ether oxygens (including phenoxy) is 3. The fourth-order valence-electron chi connectivity index (χ4n) is 4.15. The van der Waals surface area contributed by atoms with Crippen LogP contribution < -0.4 is 25.0 Å². The van der Waals surface area contributed by atoms with Gasteiger partial charge in [-0.15, -0.1) is 11.8 Å². The van der Waals surface area contributed by atoms with E-state index >= 15 is 8.78 Å². The van der Waals surface area contributed by atoms with E-state index in [9.17, 15) is 18.4 Å². The van der Waals surface area contributed by atoms with Gasteiger partial charge in [0.15, 0.2) is 28.9 Å². The molecule has 1 aliphatic rings. The van der Waals surface area contributed by atoms with E-state index in [1.165, 1.54) is 32.5 Å². The van der Waals surface area contributed by atoms with Crippen molar-refractivity contribution in [2.45, 2.75) is 5.37 Å². The predicted octanol–water partition coefficient (Wildman–Crippen LogP) is 5.91. The number of carbonyl (C=O) groups excluding carboxylic acids is 2. The Morgan fingerprint density at radius 1 is 0.951 bits per heavy atom. The summed E-state index contributed by atoms with van der Waals surface area (Å²) in [6, 6.07) is 8.29. The number of thioether (sulfide) groups is 1. The molecule has 9 nitrogen and oxygen atoms in total. The summed E-state index contributed by atoms with van der Waals surface area (Å²) < 4.78 is 74.7. The van der Waals surface area contributed by atoms with E-state index in [4.69, 9.17) is 14.2 Å². The standard InChI is InChI=1S/C27H20F4N4O5S/c1-38-21-10-14-19(11-22(21)39-2)32-7-6-20(14)40-25-17(30)8-13(9-18(25)31)33-27(37)34-35-23(36)12-41-26(35)24-15(28)4-3-5-16(24)29/h3-11,26H,12H2,1-2H3,(H2,33,34,37). The molecule has 2 N–H and O–H groups in total. The van der Waals surface area contributed by atoms with Gasteiger partial charge < -0.3 is 19.5 Å². The van der Waals surface area contributed by atoms with Gasteiger partial charge in [-0.1, -0.05) is 6.07 Å². The Balaban J connectivity index is 1.35. The number of benzene rings is 3. The number of nitrogens with one attached hydrogen (secondary N) is 2. The zero-order chi connectivity index (χ0) is 29.3. The van der Waals surface area contributed by atoms with Crippen LogP contribution in [-0.4, -0.2) is 41.9 Å². The molecule has 14 heteroatoms. The van der Waals surface area contributed by atoms with E-state index in [1.54, 1.807) is 12.1 Å². The fraction of sp³-hybridized carbons (Fsp3) is 0.148. The summed E-state index contributed by atoms with van der Waals surface area (Å²) in [6.45, 7) is 0. The van der Waals surface area contributed by atoms with Crippen molar-refractivity contribution in [3.63, 3.8) is 0 Å². The van der Waals surface area contributed by atoms with Crippen LogP contribution in [0.3, 0.4) is 0 Å². The Bertz CT molecular complexity index is 1630. The highest BCUT2D eigenvalue weighted by Gasteiger charge is 2.37. The molecule has 1 atom stereocenters. The lowest BCUT2D eigenvalue weighted by Crippen LogP contribution is -2.46. The van der Waals surface area contributed by atoms with Crippen molar-refractivity contribution in [1.82, 2.24) is 15.4 Å². The fourth-order valence-corrected chi connectivity index (χ4v) is 5.30. The minimum Gasteiger partial charge on any atom is -0.493 e. The molecular formula is C27H20F4N4O5S. The normalized spacial score (nSPS) is 14.7. The van der Waals surface area contributed by atoms with Gasteiger partial charge in [0.25, 0.3) is 5.91 Å². The van der Waals surface area contributed by atoms with Crippen molar-refractivity contribution >= 4 is 40.3 Å². The second kappa shape index (κ2) is 11.4. The van der Waals surface area contributed by atoms with Gasteiger partial charge >= 0.3 is 6.03 Å². The van der Waals surface area contributed by atoms with E-state index in [0.29, 0.717) is 22.4 Å². The number of hydrogen-bond acceptors (Lipinski definition) is 7. The molecule has 0 bridgehead atoms. The van der Waals surface area contributed by atoms with Crippen LogP contribution in [0.4, 0.5) is 28.0 Å². The zero-order valence-electron chi connectivity index (χ0n) is 21.3. The number of urea groups is 1. The van der Waals surface area contributed by atoms with Gasteiger partial charge in [-0.05, 0) is 24.3 Å². The molecule has 212 valence electrons. The lowest BCUT2D eigenvalue weighted by Gasteiger charge is -2.25. The van der Waals surface area contributed by atoms with Crippen molar-refractivity contribution in [3.8, 4) is 23.0 Å². The first-order valence-corrected chi connectivity index (χ1v) is 12.9. The van der Waals surface area contributed by atoms with Gasteiger partial charge in [0.05, 0.1) is 31.1 Å². The number of anilines is 1. The molecular weight excluding hydrogens is 568 g/mol. The lowest BCUT2D eigenvalue weighted by molar-refractivity contribution is -0.130. The first-order chi connectivity index (χ1) is 19.7. The number of halogens is 4. The quantitative estimate of drug-likeness (QED) is 0.259. The highest BCUT2D eigenvalue weighted by molar-refractivity contribution is 8.00. The summed E-state index contributed by atoms with van der Waals surface area (Å²) in [7, 11) is 2.88. The SMILES string of the molecule is COc1cc2nccc(Oc3c(F)cc(NC(=O)NN4C(=O)CSC4c4c(F)cccc4F)cc3F)c2cc1OC. The van der Waals surface area contributed by atoms with Crippen molar-refractivity contribution in [3.05, 3.63) is 83.6 Å². The number of rotatable bonds is 7. The number of carbonyl (C=O) groups is 2. The van der Waals surface area contributed by atoms with Crippen molar-refractivity contribution < 1.29 is 41.4 Å². The second-order valence-corrected chi connectivity index (χ2v) is 9.60. The molecule has 5 rings (SSSR count). The monoisotopic (exact) mass is 588 g/mol. The summed E-state index contributed by atoms with van der Waals surface area (Å²) in [5.41, 5.74) is 1.87. The summed E-state index contributed by atoms with van der Waals surface area (Å²) in [5.74, 6) is -4.81. The molecule has 2 heterocycles. The summed E-state index contributed by atoms with van der Waals surface area (Å²) in [6.07, 6.45) is 1.39. The number of nitrogens with zero attached hydrogens (tertiary/aromatic N) is 2. The minimum absolute atomic E-state index is 0.0728. The van der Waals surface area contributed by atoms with Crippen LogP contribution in [0.15, 0.2) is 54.7 Å². The van der Waals surface area contributed by atoms with Crippen LogP contribution in [0.5, 0.6) is 23.0 Å². The Morgan fingerprint density at radius 2 is 1.61 bits per heavy atom. The molecule has 0 aliphatic carbocycles. The largest absolute Gasteiger partial charge is 0.493 e. The third kappa shape index (κ3) is 5.50. The van der Waals surface area contributed by atoms with Crippen LogP contribution in [0, 0.1) is 23.3 Å². The van der Waals surface area contributed by atoms with Crippen LogP contribution in [0.25, 0.3) is 10.9 Å². The van der Waals surface area contributed by atoms with Crippen molar-refractivity contribution in [2.24, 2.45) is 0 Å². The smallest absolute Gasteiger partial charge is 0.338 e. The highest BCUT2D eigenvalue weighted by Crippen LogP contribution is 2.40. The van der Waals surface area contributed by atoms with E-state index in [-0.39, 0.29) is 17.2 Å². The molecule has 1 saturated heterocycles. The van der Waals surface area contributed by atoms with E-state index < -0.39 is 51.9 Å². The molecule has 0 saturated carbocycles. The molecule has 0 radical (unpaired) electrons. The Kier molecular flexibility index (Phi) is 7.75. The number of hydrazine groups is 1. The molecule has 41 heavy (non-hydrogen) atoms. The number of fused-ring (bicyclic) bond motifs is 1. The maximum Gasteiger partial charge on any atom is 0.338 e. The van der Waals surface area contributed by atoms with E-state index in [2.05, 4.69) is 15.7 Å². The molecule has 1 unspecified atom stereocenters. The molecule has 4 aromatic rings. The van der Waals surface area contributed by atoms with Crippen LogP contribution in [-0.2, 0) is 4.79 Å². The lowest BCUT2D eigenvalue weighted by atomic mass is 10.1. The minimum atomic E-state index is -1.19. The number of methoxy groups -OCH3 is 2. The molecule has 0 spiro atoms. The van der Waals surface area contributed by atoms with Crippen LogP contribution >= 0.6 is 11.8 Å². The average molecular weight is 589 g/mol. The topological polar surface area (TPSA) is 102 Å². The summed E-state index contributed by atoms with van der Waals surface area (Å²) in [5, 5.41) is 2.16. The molecule has 3 amide bonds. The molecule has 1 fully saturated rings. The van der Waals surface area contributed by atoms with Gasteiger partial charge in [0, 0.05) is 35.5 Å². The van der Waals surface area contributed by atoms with Gasteiger partial charge in [0.1, 0.15) is 22.8 Å². The van der Waals surface area contributed by atoms with Gasteiger partial charge in [0.2, 0.25) is 0 Å². The second-order valence-electron chi connectivity index (χ2n) is 8.53. The Morgan fingerprint density at radius 3 is 2.27 bits per heavy atom. The van der Waals surface area contributed by atoms with Crippen LogP contribution in [0.2, 0.25) is 0 Å². The average Bonchev–Trinajstić information content (AvgIpc) is 3.28. The number of aromatic nitrogens is 1. The van der Waals surface area contributed by atoms with E-state index in [1.807, 2.05) is 0 Å². The number of hydrogen-bond donors (Lipinski definition) is 2.